The molecule has 0 aromatic heterocycles. The summed E-state index contributed by atoms with van der Waals surface area (Å²) < 4.78 is 11.2. The van der Waals surface area contributed by atoms with Crippen molar-refractivity contribution < 1.29 is 33.8 Å². The first-order chi connectivity index (χ1) is 16.0. The Morgan fingerprint density at radius 3 is 2.74 bits per heavy atom. The number of fused-ring (bicyclic) bond motifs is 7. The minimum absolute atomic E-state index is 0.0645. The molecule has 1 unspecified atom stereocenters. The summed E-state index contributed by atoms with van der Waals surface area (Å²) in [5, 5.41) is 11.7. The van der Waals surface area contributed by atoms with Crippen molar-refractivity contribution in [1.82, 2.24) is 0 Å². The lowest BCUT2D eigenvalue weighted by Crippen LogP contribution is -2.63. The second-order valence-electron chi connectivity index (χ2n) is 11.4. The fourth-order valence-corrected chi connectivity index (χ4v) is 8.57. The van der Waals surface area contributed by atoms with E-state index in [1.54, 1.807) is 13.0 Å². The van der Waals surface area contributed by atoms with Crippen molar-refractivity contribution in [2.45, 2.75) is 77.5 Å². The van der Waals surface area contributed by atoms with Crippen LogP contribution < -0.4 is 0 Å². The summed E-state index contributed by atoms with van der Waals surface area (Å²) in [5.74, 6) is -1.15. The Hall–Kier alpha value is -2.35. The molecule has 8 heteroatoms. The summed E-state index contributed by atoms with van der Waals surface area (Å²) in [6.07, 6.45) is 4.11. The lowest BCUT2D eigenvalue weighted by molar-refractivity contribution is -0.158. The van der Waals surface area contributed by atoms with E-state index in [-0.39, 0.29) is 35.9 Å². The molecule has 1 heterocycles. The molecule has 1 aliphatic heterocycles. The highest BCUT2D eigenvalue weighted by atomic mass is 16.5. The number of allylic oxidation sites excluding steroid dienone is 1. The molecule has 0 aromatic carbocycles. The maximum absolute atomic E-state index is 13.6. The number of esters is 1. The van der Waals surface area contributed by atoms with E-state index in [1.807, 2.05) is 6.92 Å². The van der Waals surface area contributed by atoms with E-state index in [0.29, 0.717) is 25.2 Å². The highest BCUT2D eigenvalue weighted by Crippen LogP contribution is 2.69. The van der Waals surface area contributed by atoms with Crippen LogP contribution in [0, 0.1) is 34.5 Å². The third-order valence-corrected chi connectivity index (χ3v) is 9.83. The molecule has 3 fully saturated rings. The number of nitrogens with zero attached hydrogens (tertiary/aromatic N) is 1. The predicted octanol–water partition coefficient (Wildman–Crippen LogP) is 2.21. The number of aldehydes is 1. The Kier molecular flexibility index (Phi) is 5.21. The number of aliphatic hydroxyl groups excluding tert-OH is 1. The molecule has 184 valence electrons. The van der Waals surface area contributed by atoms with Crippen molar-refractivity contribution in [3.05, 3.63) is 11.6 Å². The van der Waals surface area contributed by atoms with Crippen LogP contribution in [0.2, 0.25) is 0 Å². The fraction of sp³-hybridized carbons (Fsp3) is 0.731. The highest BCUT2D eigenvalue weighted by molar-refractivity contribution is 6.02. The Morgan fingerprint density at radius 1 is 1.32 bits per heavy atom. The van der Waals surface area contributed by atoms with Gasteiger partial charge < -0.3 is 19.4 Å². The van der Waals surface area contributed by atoms with E-state index >= 15 is 0 Å². The quantitative estimate of drug-likeness (QED) is 0.379. The standard InChI is InChI=1S/C26H33NO7/c1-13-27-26(21(32)12-33-14(2)29)22(34-13)8-18-17-6-5-16-7-19(30)15(11-28)9-24(16,3)23(17)20(31)10-25(18,26)4/h7,11,15,17-18,20,22-23,31H,5-6,8-10,12H2,1-4H3/t15?,17-,18-,20-,22+,23+,24-,25-,26+/m0/s1. The van der Waals surface area contributed by atoms with Crippen LogP contribution in [0.4, 0.5) is 0 Å². The van der Waals surface area contributed by atoms with Crippen molar-refractivity contribution in [2.75, 3.05) is 6.61 Å². The van der Waals surface area contributed by atoms with Gasteiger partial charge in [0.05, 0.1) is 12.0 Å². The van der Waals surface area contributed by atoms with Gasteiger partial charge in [-0.15, -0.1) is 0 Å². The first-order valence-electron chi connectivity index (χ1n) is 12.3. The molecule has 8 nitrogen and oxygen atoms in total. The number of aliphatic hydroxyl groups is 1. The van der Waals surface area contributed by atoms with E-state index < -0.39 is 40.5 Å². The lowest BCUT2D eigenvalue weighted by atomic mass is 9.44. The number of rotatable bonds is 4. The first kappa shape index (κ1) is 23.4. The number of Topliss-reactive ketones (excluding diaryl/α,β-unsaturated/α-hetero) is 1. The summed E-state index contributed by atoms with van der Waals surface area (Å²) in [6, 6.07) is 0. The van der Waals surface area contributed by atoms with Gasteiger partial charge in [-0.25, -0.2) is 4.99 Å². The molecule has 0 bridgehead atoms. The zero-order valence-corrected chi connectivity index (χ0v) is 20.2. The molecule has 0 amide bonds. The van der Waals surface area contributed by atoms with Crippen LogP contribution in [0.5, 0.6) is 0 Å². The summed E-state index contributed by atoms with van der Waals surface area (Å²) in [7, 11) is 0. The fourth-order valence-electron chi connectivity index (χ4n) is 8.57. The van der Waals surface area contributed by atoms with Crippen molar-refractivity contribution in [2.24, 2.45) is 39.5 Å². The largest absolute Gasteiger partial charge is 0.475 e. The number of aliphatic imine (C=N–C) groups is 1. The molecule has 0 radical (unpaired) electrons. The van der Waals surface area contributed by atoms with Gasteiger partial charge in [0.25, 0.3) is 0 Å². The normalized spacial score (nSPS) is 46.7. The average molecular weight is 472 g/mol. The molecule has 0 saturated heterocycles. The van der Waals surface area contributed by atoms with Crippen molar-refractivity contribution >= 4 is 29.7 Å². The third-order valence-electron chi connectivity index (χ3n) is 9.83. The average Bonchev–Trinajstić information content (AvgIpc) is 3.22. The molecular weight excluding hydrogens is 438 g/mol. The van der Waals surface area contributed by atoms with Crippen LogP contribution in [-0.4, -0.2) is 59.2 Å². The predicted molar refractivity (Wildman–Crippen MR) is 121 cm³/mol. The second kappa shape index (κ2) is 7.57. The van der Waals surface area contributed by atoms with Crippen LogP contribution in [0.15, 0.2) is 16.6 Å². The zero-order chi connectivity index (χ0) is 24.6. The molecule has 0 aromatic rings. The molecule has 9 atom stereocenters. The maximum Gasteiger partial charge on any atom is 0.303 e. The van der Waals surface area contributed by atoms with Crippen molar-refractivity contribution in [3.63, 3.8) is 0 Å². The molecule has 5 rings (SSSR count). The summed E-state index contributed by atoms with van der Waals surface area (Å²) in [5.41, 5.74) is -1.29. The van der Waals surface area contributed by atoms with Gasteiger partial charge in [-0.2, -0.15) is 0 Å². The highest BCUT2D eigenvalue weighted by Gasteiger charge is 2.74. The number of hydrogen-bond donors (Lipinski definition) is 1. The van der Waals surface area contributed by atoms with Gasteiger partial charge in [0.15, 0.2) is 23.8 Å². The van der Waals surface area contributed by atoms with Crippen molar-refractivity contribution in [3.8, 4) is 0 Å². The number of carbonyl (C=O) groups is 4. The lowest BCUT2D eigenvalue weighted by Gasteiger charge is -2.60. The number of carbonyl (C=O) groups excluding carboxylic acids is 4. The summed E-state index contributed by atoms with van der Waals surface area (Å²) in [6.45, 7) is 6.75. The van der Waals surface area contributed by atoms with Gasteiger partial charge in [-0.3, -0.25) is 14.4 Å². The Balaban J connectivity index is 1.55. The summed E-state index contributed by atoms with van der Waals surface area (Å²) in [4.78, 5) is 53.8. The van der Waals surface area contributed by atoms with Crippen molar-refractivity contribution in [1.29, 1.82) is 0 Å². The molecule has 34 heavy (non-hydrogen) atoms. The zero-order valence-electron chi connectivity index (χ0n) is 20.2. The second-order valence-corrected chi connectivity index (χ2v) is 11.4. The number of ketones is 2. The van der Waals surface area contributed by atoms with Gasteiger partial charge in [0, 0.05) is 19.3 Å². The molecular formula is C26H33NO7. The van der Waals surface area contributed by atoms with Crippen LogP contribution in [0.3, 0.4) is 0 Å². The van der Waals surface area contributed by atoms with E-state index in [9.17, 15) is 24.3 Å². The Bertz CT molecular complexity index is 1030. The Labute approximate surface area is 199 Å². The molecule has 3 saturated carbocycles. The van der Waals surface area contributed by atoms with Gasteiger partial charge in [0.2, 0.25) is 5.78 Å². The van der Waals surface area contributed by atoms with Gasteiger partial charge >= 0.3 is 5.97 Å². The van der Waals surface area contributed by atoms with Gasteiger partial charge in [-0.1, -0.05) is 19.4 Å². The van der Waals surface area contributed by atoms with E-state index in [1.165, 1.54) is 6.92 Å². The van der Waals surface area contributed by atoms with Gasteiger partial charge in [-0.05, 0) is 61.3 Å². The van der Waals surface area contributed by atoms with Crippen LogP contribution in [-0.2, 0) is 28.7 Å². The van der Waals surface area contributed by atoms with E-state index in [4.69, 9.17) is 14.5 Å². The summed E-state index contributed by atoms with van der Waals surface area (Å²) >= 11 is 0. The topological polar surface area (TPSA) is 119 Å². The Morgan fingerprint density at radius 2 is 2.06 bits per heavy atom. The first-order valence-corrected chi connectivity index (χ1v) is 12.3. The SMILES string of the molecule is CC(=O)OCC(=O)[C@@]12N=C(C)O[C@@H]1C[C@H]1[C@@H]3CCC4=CC(=O)C(C=O)C[C@]4(C)[C@H]3[C@@H](O)C[C@@]12C. The van der Waals surface area contributed by atoms with Gasteiger partial charge in [0.1, 0.15) is 12.4 Å². The molecule has 5 aliphatic rings. The van der Waals surface area contributed by atoms with Crippen LogP contribution in [0.1, 0.15) is 59.8 Å². The monoisotopic (exact) mass is 471 g/mol. The molecule has 0 spiro atoms. The number of ether oxygens (including phenoxy) is 2. The number of hydrogen-bond acceptors (Lipinski definition) is 8. The van der Waals surface area contributed by atoms with E-state index in [0.717, 1.165) is 24.7 Å². The minimum Gasteiger partial charge on any atom is -0.475 e. The third kappa shape index (κ3) is 2.90. The van der Waals surface area contributed by atoms with Crippen LogP contribution in [0.25, 0.3) is 0 Å². The minimum atomic E-state index is -1.20. The van der Waals surface area contributed by atoms with E-state index in [2.05, 4.69) is 6.92 Å². The van der Waals surface area contributed by atoms with Crippen LogP contribution >= 0.6 is 0 Å². The molecule has 4 aliphatic carbocycles. The molecule has 1 N–H and O–H groups in total. The maximum atomic E-state index is 13.6. The smallest absolute Gasteiger partial charge is 0.303 e.